The highest BCUT2D eigenvalue weighted by molar-refractivity contribution is 4.64. The summed E-state index contributed by atoms with van der Waals surface area (Å²) < 4.78 is 0. The Labute approximate surface area is 64.7 Å². The summed E-state index contributed by atoms with van der Waals surface area (Å²) in [5.74, 6) is 0. The maximum Gasteiger partial charge on any atom is 0.224 e. The first-order valence-electron chi connectivity index (χ1n) is 3.79. The first-order valence-corrected chi connectivity index (χ1v) is 3.79. The van der Waals surface area contributed by atoms with Crippen LogP contribution in [0.4, 0.5) is 0 Å². The van der Waals surface area contributed by atoms with Gasteiger partial charge in [-0.05, 0) is 6.92 Å². The number of rotatable bonds is 1. The Morgan fingerprint density at radius 3 is 2.82 bits per heavy atom. The van der Waals surface area contributed by atoms with Crippen molar-refractivity contribution in [2.45, 2.75) is 31.8 Å². The summed E-state index contributed by atoms with van der Waals surface area (Å²) in [6, 6.07) is -0.444. The van der Waals surface area contributed by atoms with Gasteiger partial charge in [0.1, 0.15) is 12.6 Å². The van der Waals surface area contributed by atoms with E-state index in [4.69, 9.17) is 0 Å². The molecular weight excluding hydrogens is 148 g/mol. The number of nitrogens with zero attached hydrogens (tertiary/aromatic N) is 1. The first-order chi connectivity index (χ1) is 5.11. The van der Waals surface area contributed by atoms with Gasteiger partial charge in [0.2, 0.25) is 6.04 Å². The zero-order valence-electron chi connectivity index (χ0n) is 6.49. The molecule has 0 radical (unpaired) electrons. The summed E-state index contributed by atoms with van der Waals surface area (Å²) in [7, 11) is 0. The molecule has 0 amide bonds. The average Bonchev–Trinajstić information content (AvgIpc) is 1.94. The van der Waals surface area contributed by atoms with Crippen molar-refractivity contribution >= 4 is 0 Å². The molecule has 1 aliphatic rings. The molecule has 3 unspecified atom stereocenters. The predicted octanol–water partition coefficient (Wildman–Crippen LogP) is -0.912. The smallest absolute Gasteiger partial charge is 0.224 e. The lowest BCUT2D eigenvalue weighted by molar-refractivity contribution is -1.11. The fraction of sp³-hybridized carbons (Fsp3) is 1.00. The summed E-state index contributed by atoms with van der Waals surface area (Å²) in [5, 5.41) is 19.9. The molecule has 0 aromatic rings. The van der Waals surface area contributed by atoms with Crippen LogP contribution in [0, 0.1) is 10.1 Å². The van der Waals surface area contributed by atoms with Crippen LogP contribution in [0.1, 0.15) is 19.8 Å². The van der Waals surface area contributed by atoms with E-state index < -0.39 is 6.04 Å². The molecule has 0 spiro atoms. The fourth-order valence-corrected chi connectivity index (χ4v) is 1.41. The second-order valence-corrected chi connectivity index (χ2v) is 3.11. The van der Waals surface area contributed by atoms with E-state index in [0.29, 0.717) is 24.4 Å². The third-order valence-corrected chi connectivity index (χ3v) is 2.23. The fourth-order valence-electron chi connectivity index (χ4n) is 1.41. The molecule has 0 saturated carbocycles. The van der Waals surface area contributed by atoms with Crippen LogP contribution in [0.25, 0.3) is 0 Å². The summed E-state index contributed by atoms with van der Waals surface area (Å²) in [6.07, 6.45) is 0.974. The van der Waals surface area contributed by atoms with E-state index in [9.17, 15) is 15.3 Å². The third-order valence-electron chi connectivity index (χ3n) is 2.23. The number of hydrogen-bond acceptors (Lipinski definition) is 3. The van der Waals surface area contributed by atoms with E-state index in [1.54, 1.807) is 0 Å². The van der Waals surface area contributed by atoms with Gasteiger partial charge in [-0.2, -0.15) is 5.06 Å². The van der Waals surface area contributed by atoms with E-state index in [1.807, 2.05) is 6.92 Å². The van der Waals surface area contributed by atoms with Gasteiger partial charge in [0.15, 0.2) is 0 Å². The van der Waals surface area contributed by atoms with Gasteiger partial charge in [0, 0.05) is 4.92 Å². The van der Waals surface area contributed by atoms with Crippen LogP contribution in [-0.4, -0.2) is 28.8 Å². The minimum atomic E-state index is -0.444. The zero-order valence-corrected chi connectivity index (χ0v) is 6.49. The van der Waals surface area contributed by atoms with Crippen molar-refractivity contribution in [3.8, 4) is 0 Å². The molecule has 1 fully saturated rings. The largest absolute Gasteiger partial charge is 0.264 e. The van der Waals surface area contributed by atoms with Gasteiger partial charge in [-0.25, -0.2) is 5.21 Å². The van der Waals surface area contributed by atoms with E-state index in [-0.39, 0.29) is 11.0 Å². The molecule has 0 aliphatic carbocycles. The van der Waals surface area contributed by atoms with Crippen molar-refractivity contribution in [1.29, 1.82) is 0 Å². The van der Waals surface area contributed by atoms with Gasteiger partial charge in [-0.1, -0.05) is 0 Å². The number of hydrogen-bond donors (Lipinski definition) is 2. The molecule has 1 rings (SSSR count). The lowest BCUT2D eigenvalue weighted by Crippen LogP contribution is -3.14. The Morgan fingerprint density at radius 2 is 2.36 bits per heavy atom. The molecule has 3 atom stereocenters. The highest BCUT2D eigenvalue weighted by Gasteiger charge is 2.34. The lowest BCUT2D eigenvalue weighted by atomic mass is 10.0. The molecule has 64 valence electrons. The summed E-state index contributed by atoms with van der Waals surface area (Å²) in [5.41, 5.74) is 0. The summed E-state index contributed by atoms with van der Waals surface area (Å²) >= 11 is 0. The molecule has 5 nitrogen and oxygen atoms in total. The minimum absolute atomic E-state index is 0.000787. The molecule has 11 heavy (non-hydrogen) atoms. The molecule has 0 aromatic carbocycles. The van der Waals surface area contributed by atoms with E-state index in [1.165, 1.54) is 0 Å². The highest BCUT2D eigenvalue weighted by atomic mass is 16.6. The highest BCUT2D eigenvalue weighted by Crippen LogP contribution is 2.07. The first kappa shape index (κ1) is 8.42. The lowest BCUT2D eigenvalue weighted by Gasteiger charge is -2.24. The predicted molar refractivity (Wildman–Crippen MR) is 37.1 cm³/mol. The molecular formula is C6H13N2O3+. The molecule has 0 bridgehead atoms. The van der Waals surface area contributed by atoms with Crippen LogP contribution in [0.5, 0.6) is 0 Å². The Morgan fingerprint density at radius 1 is 1.73 bits per heavy atom. The average molecular weight is 161 g/mol. The second-order valence-electron chi connectivity index (χ2n) is 3.11. The van der Waals surface area contributed by atoms with Crippen molar-refractivity contribution < 1.29 is 15.2 Å². The van der Waals surface area contributed by atoms with Gasteiger partial charge >= 0.3 is 0 Å². The molecule has 5 heteroatoms. The van der Waals surface area contributed by atoms with Crippen molar-refractivity contribution in [2.75, 3.05) is 6.54 Å². The van der Waals surface area contributed by atoms with Crippen LogP contribution < -0.4 is 5.06 Å². The van der Waals surface area contributed by atoms with E-state index in [0.717, 1.165) is 0 Å². The molecule has 2 N–H and O–H groups in total. The van der Waals surface area contributed by atoms with Crippen molar-refractivity contribution in [3.63, 3.8) is 0 Å². The summed E-state index contributed by atoms with van der Waals surface area (Å²) in [6.45, 7) is 2.32. The minimum Gasteiger partial charge on any atom is -0.264 e. The van der Waals surface area contributed by atoms with Gasteiger partial charge in [0.05, 0.1) is 12.8 Å². The van der Waals surface area contributed by atoms with Crippen LogP contribution >= 0.6 is 0 Å². The number of quaternary nitrogens is 1. The molecule has 1 saturated heterocycles. The maximum atomic E-state index is 10.3. The van der Waals surface area contributed by atoms with Crippen LogP contribution in [-0.2, 0) is 0 Å². The standard InChI is InChI=1S/C6H12N2O3/c1-5-4-6(8(10)11)2-3-7(5)9/h5-6,9H,2-4H2,1H3/p+1. The summed E-state index contributed by atoms with van der Waals surface area (Å²) in [4.78, 5) is 10.1. The van der Waals surface area contributed by atoms with Gasteiger partial charge in [-0.3, -0.25) is 10.1 Å². The van der Waals surface area contributed by atoms with Crippen LogP contribution in [0.2, 0.25) is 0 Å². The van der Waals surface area contributed by atoms with Crippen LogP contribution in [0.3, 0.4) is 0 Å². The Hall–Kier alpha value is -0.680. The monoisotopic (exact) mass is 161 g/mol. The zero-order chi connectivity index (χ0) is 8.43. The molecule has 1 aliphatic heterocycles. The maximum absolute atomic E-state index is 10.3. The van der Waals surface area contributed by atoms with E-state index >= 15 is 0 Å². The SMILES string of the molecule is CC1CC([N+](=O)[O-])CC[NH+]1O. The van der Waals surface area contributed by atoms with Gasteiger partial charge in [0.25, 0.3) is 0 Å². The normalized spacial score (nSPS) is 38.5. The Bertz CT molecular complexity index is 162. The second kappa shape index (κ2) is 3.15. The third kappa shape index (κ3) is 1.87. The number of nitrogens with one attached hydrogen (secondary N) is 1. The van der Waals surface area contributed by atoms with Crippen molar-refractivity contribution in [2.24, 2.45) is 0 Å². The quantitative estimate of drug-likeness (QED) is 0.386. The van der Waals surface area contributed by atoms with Crippen LogP contribution in [0.15, 0.2) is 0 Å². The Kier molecular flexibility index (Phi) is 2.41. The number of hydroxylamine groups is 2. The molecule has 1 heterocycles. The Balaban J connectivity index is 2.46. The van der Waals surface area contributed by atoms with Crippen molar-refractivity contribution in [1.82, 2.24) is 0 Å². The van der Waals surface area contributed by atoms with Gasteiger partial charge < -0.3 is 0 Å². The number of nitro groups is 1. The van der Waals surface area contributed by atoms with Gasteiger partial charge in [-0.15, -0.1) is 0 Å². The molecule has 0 aromatic heterocycles. The van der Waals surface area contributed by atoms with Crippen molar-refractivity contribution in [3.05, 3.63) is 10.1 Å². The number of piperidine rings is 1. The topological polar surface area (TPSA) is 67.8 Å². The van der Waals surface area contributed by atoms with E-state index in [2.05, 4.69) is 0 Å².